The van der Waals surface area contributed by atoms with Crippen LogP contribution < -0.4 is 5.14 Å². The molecule has 0 radical (unpaired) electrons. The number of nitrogens with two attached hydrogens (primary N) is 1. The Morgan fingerprint density at radius 1 is 1.24 bits per heavy atom. The van der Waals surface area contributed by atoms with Crippen molar-refractivity contribution in [1.82, 2.24) is 14.5 Å². The maximum absolute atomic E-state index is 11.7. The molecule has 3 aromatic rings. The third kappa shape index (κ3) is 4.79. The molecule has 0 aliphatic heterocycles. The summed E-state index contributed by atoms with van der Waals surface area (Å²) in [5, 5.41) is 6.38. The first-order valence-electron chi connectivity index (χ1n) is 9.67. The van der Waals surface area contributed by atoms with E-state index in [0.29, 0.717) is 19.6 Å². The molecule has 2 N–H and O–H groups in total. The number of rotatable bonds is 9. The Bertz CT molecular complexity index is 1130. The highest BCUT2D eigenvalue weighted by Gasteiger charge is 2.30. The zero-order valence-electron chi connectivity index (χ0n) is 17.0. The average Bonchev–Trinajstić information content (AvgIpc) is 3.00. The van der Waals surface area contributed by atoms with Crippen molar-refractivity contribution in [3.05, 3.63) is 34.7 Å². The summed E-state index contributed by atoms with van der Waals surface area (Å²) in [6.45, 7) is 7.05. The number of benzene rings is 1. The maximum atomic E-state index is 11.7. The van der Waals surface area contributed by atoms with Crippen LogP contribution in [0, 0.1) is 0 Å². The number of nitrogens with zero attached hydrogens (tertiary/aromatic N) is 3. The van der Waals surface area contributed by atoms with Crippen LogP contribution in [0.2, 0.25) is 0 Å². The second-order valence-electron chi connectivity index (χ2n) is 7.73. The van der Waals surface area contributed by atoms with E-state index in [9.17, 15) is 8.42 Å². The smallest absolute Gasteiger partial charge is 0.214 e. The van der Waals surface area contributed by atoms with Crippen molar-refractivity contribution < 1.29 is 13.2 Å². The minimum Gasteiger partial charge on any atom is -0.374 e. The Hall–Kier alpha value is -1.55. The second-order valence-corrected chi connectivity index (χ2v) is 10.8. The van der Waals surface area contributed by atoms with Crippen molar-refractivity contribution in [2.24, 2.45) is 5.14 Å². The number of sulfonamides is 1. The quantitative estimate of drug-likeness (QED) is 0.462. The van der Waals surface area contributed by atoms with E-state index in [1.165, 1.54) is 0 Å². The molecule has 0 bridgehead atoms. The predicted octanol–water partition coefficient (Wildman–Crippen LogP) is 4.12. The van der Waals surface area contributed by atoms with E-state index in [1.807, 2.05) is 25.1 Å². The first-order valence-corrected chi connectivity index (χ1v) is 12.0. The van der Waals surface area contributed by atoms with Gasteiger partial charge in [-0.05, 0) is 51.8 Å². The fraction of sp³-hybridized carbons (Fsp3) is 0.500. The van der Waals surface area contributed by atoms with Gasteiger partial charge >= 0.3 is 0 Å². The minimum atomic E-state index is -3.58. The lowest BCUT2D eigenvalue weighted by Crippen LogP contribution is -2.37. The van der Waals surface area contributed by atoms with Crippen LogP contribution in [0.15, 0.2) is 28.9 Å². The Morgan fingerprint density at radius 2 is 2.00 bits per heavy atom. The molecule has 0 spiro atoms. The van der Waals surface area contributed by atoms with E-state index >= 15 is 0 Å². The van der Waals surface area contributed by atoms with E-state index < -0.39 is 14.8 Å². The fourth-order valence-electron chi connectivity index (χ4n) is 3.34. The third-order valence-corrected chi connectivity index (χ3v) is 7.47. The number of hydrogen-bond acceptors (Lipinski definition) is 5. The van der Waals surface area contributed by atoms with Gasteiger partial charge in [0.1, 0.15) is 17.9 Å². The van der Waals surface area contributed by atoms with Crippen LogP contribution >= 0.6 is 15.9 Å². The molecule has 0 fully saturated rings. The molecule has 158 valence electrons. The summed E-state index contributed by atoms with van der Waals surface area (Å²) in [5.41, 5.74) is 2.76. The zero-order valence-corrected chi connectivity index (χ0v) is 19.4. The van der Waals surface area contributed by atoms with Gasteiger partial charge in [0.05, 0.1) is 22.0 Å². The summed E-state index contributed by atoms with van der Waals surface area (Å²) in [6, 6.07) is 6.03. The van der Waals surface area contributed by atoms with E-state index in [0.717, 1.165) is 51.6 Å². The number of halogens is 1. The number of aromatic nitrogens is 3. The molecular weight excluding hydrogens is 456 g/mol. The molecule has 2 aromatic heterocycles. The zero-order chi connectivity index (χ0) is 21.2. The minimum absolute atomic E-state index is 0.422. The van der Waals surface area contributed by atoms with Gasteiger partial charge in [-0.1, -0.05) is 22.4 Å². The molecule has 0 aliphatic rings. The number of ether oxygens (including phenoxy) is 1. The Balaban J connectivity index is 1.91. The lowest BCUT2D eigenvalue weighted by atomic mass is 10.1. The first kappa shape index (κ1) is 22.1. The highest BCUT2D eigenvalue weighted by Crippen LogP contribution is 2.28. The van der Waals surface area contributed by atoms with Gasteiger partial charge in [-0.15, -0.1) is 0 Å². The van der Waals surface area contributed by atoms with Gasteiger partial charge in [0.15, 0.2) is 0 Å². The lowest BCUT2D eigenvalue weighted by molar-refractivity contribution is 0.126. The highest BCUT2D eigenvalue weighted by molar-refractivity contribution is 9.10. The number of unbranched alkanes of at least 4 members (excludes halogenated alkanes) is 1. The summed E-state index contributed by atoms with van der Waals surface area (Å²) in [4.78, 5) is 9.27. The number of imidazole rings is 1. The van der Waals surface area contributed by atoms with Crippen molar-refractivity contribution >= 4 is 47.9 Å². The van der Waals surface area contributed by atoms with Crippen LogP contribution in [-0.2, 0) is 27.9 Å². The molecule has 0 unspecified atom stereocenters. The number of pyridine rings is 1. The number of fused-ring (bicyclic) bond motifs is 3. The van der Waals surface area contributed by atoms with Crippen LogP contribution in [0.1, 0.15) is 45.9 Å². The molecule has 3 rings (SSSR count). The van der Waals surface area contributed by atoms with E-state index in [2.05, 4.69) is 25.5 Å². The highest BCUT2D eigenvalue weighted by atomic mass is 79.9. The van der Waals surface area contributed by atoms with Gasteiger partial charge in [-0.25, -0.2) is 18.5 Å². The first-order chi connectivity index (χ1) is 13.6. The summed E-state index contributed by atoms with van der Waals surface area (Å²) in [7, 11) is -3.58. The van der Waals surface area contributed by atoms with Crippen LogP contribution in [-0.4, -0.2) is 34.3 Å². The molecule has 9 heteroatoms. The van der Waals surface area contributed by atoms with Crippen molar-refractivity contribution in [1.29, 1.82) is 0 Å². The second kappa shape index (κ2) is 8.67. The van der Waals surface area contributed by atoms with Crippen LogP contribution in [0.3, 0.4) is 0 Å². The largest absolute Gasteiger partial charge is 0.374 e. The molecule has 7 nitrogen and oxygen atoms in total. The number of aryl methyl sites for hydroxylation is 1. The molecule has 0 saturated carbocycles. The lowest BCUT2D eigenvalue weighted by Gasteiger charge is -2.21. The Morgan fingerprint density at radius 3 is 2.69 bits per heavy atom. The normalized spacial score (nSPS) is 12.9. The van der Waals surface area contributed by atoms with Crippen LogP contribution in [0.4, 0.5) is 0 Å². The van der Waals surface area contributed by atoms with Gasteiger partial charge < -0.3 is 9.30 Å². The standard InChI is InChI=1S/C20H27BrN4O3S/c1-4-28-13-18-24-17-12-23-16-11-14(21)7-8-15(16)19(17)25(18)10-6-5-9-20(2,3)29(22,26)27/h7-8,11-12H,4-6,9-10,13H2,1-3H3,(H2,22,26,27). The summed E-state index contributed by atoms with van der Waals surface area (Å²) in [5.74, 6) is 0.852. The molecule has 0 aliphatic carbocycles. The van der Waals surface area contributed by atoms with Crippen molar-refractivity contribution in [2.75, 3.05) is 6.61 Å². The van der Waals surface area contributed by atoms with Gasteiger partial charge in [0.25, 0.3) is 0 Å². The molecule has 1 aromatic carbocycles. The average molecular weight is 483 g/mol. The van der Waals surface area contributed by atoms with Crippen molar-refractivity contribution in [2.45, 2.75) is 57.9 Å². The van der Waals surface area contributed by atoms with E-state index in [1.54, 1.807) is 20.0 Å². The van der Waals surface area contributed by atoms with Crippen molar-refractivity contribution in [3.8, 4) is 0 Å². The number of primary sulfonamides is 1. The summed E-state index contributed by atoms with van der Waals surface area (Å²) >= 11 is 3.50. The molecule has 2 heterocycles. The molecule has 0 amide bonds. The molecule has 29 heavy (non-hydrogen) atoms. The van der Waals surface area contributed by atoms with Gasteiger partial charge in [-0.2, -0.15) is 0 Å². The topological polar surface area (TPSA) is 100 Å². The monoisotopic (exact) mass is 482 g/mol. The van der Waals surface area contributed by atoms with Crippen LogP contribution in [0.25, 0.3) is 21.9 Å². The van der Waals surface area contributed by atoms with E-state index in [-0.39, 0.29) is 0 Å². The molecular formula is C20H27BrN4O3S. The predicted molar refractivity (Wildman–Crippen MR) is 119 cm³/mol. The van der Waals surface area contributed by atoms with Gasteiger partial charge in [0.2, 0.25) is 10.0 Å². The fourth-order valence-corrected chi connectivity index (χ4v) is 4.12. The summed E-state index contributed by atoms with van der Waals surface area (Å²) < 4.78 is 31.3. The van der Waals surface area contributed by atoms with Crippen molar-refractivity contribution in [3.63, 3.8) is 0 Å². The van der Waals surface area contributed by atoms with Gasteiger partial charge in [0, 0.05) is 23.0 Å². The molecule has 0 atom stereocenters. The maximum Gasteiger partial charge on any atom is 0.214 e. The Kier molecular flexibility index (Phi) is 6.62. The van der Waals surface area contributed by atoms with Gasteiger partial charge in [-0.3, -0.25) is 4.98 Å². The summed E-state index contributed by atoms with van der Waals surface area (Å²) in [6.07, 6.45) is 3.85. The Labute approximate surface area is 179 Å². The number of hydrogen-bond donors (Lipinski definition) is 1. The van der Waals surface area contributed by atoms with Crippen LogP contribution in [0.5, 0.6) is 0 Å². The third-order valence-electron chi connectivity index (χ3n) is 5.23. The molecule has 0 saturated heterocycles. The SMILES string of the molecule is CCOCc1nc2cnc3cc(Br)ccc3c2n1CCCCC(C)(C)S(N)(=O)=O. The van der Waals surface area contributed by atoms with E-state index in [4.69, 9.17) is 14.9 Å².